The lowest BCUT2D eigenvalue weighted by Gasteiger charge is -2.12. The van der Waals surface area contributed by atoms with E-state index in [0.717, 1.165) is 36.7 Å². The van der Waals surface area contributed by atoms with Crippen LogP contribution >= 0.6 is 0 Å². The summed E-state index contributed by atoms with van der Waals surface area (Å²) in [7, 11) is 0. The third-order valence-electron chi connectivity index (χ3n) is 3.79. The molecule has 0 bridgehead atoms. The Morgan fingerprint density at radius 3 is 2.75 bits per heavy atom. The summed E-state index contributed by atoms with van der Waals surface area (Å²) < 4.78 is 16.6. The number of amides is 2. The van der Waals surface area contributed by atoms with Crippen LogP contribution in [0.2, 0.25) is 0 Å². The van der Waals surface area contributed by atoms with Crippen molar-refractivity contribution in [3.63, 3.8) is 0 Å². The smallest absolute Gasteiger partial charge is 0.319 e. The van der Waals surface area contributed by atoms with Crippen molar-refractivity contribution in [2.24, 2.45) is 0 Å². The molecule has 24 heavy (non-hydrogen) atoms. The van der Waals surface area contributed by atoms with Gasteiger partial charge in [-0.15, -0.1) is 0 Å². The van der Waals surface area contributed by atoms with Gasteiger partial charge in [0, 0.05) is 12.3 Å². The van der Waals surface area contributed by atoms with Crippen LogP contribution in [0, 0.1) is 6.92 Å². The first kappa shape index (κ1) is 16.4. The molecule has 6 heteroatoms. The number of urea groups is 1. The highest BCUT2D eigenvalue weighted by atomic mass is 16.5. The lowest BCUT2D eigenvalue weighted by Crippen LogP contribution is -2.27. The van der Waals surface area contributed by atoms with Crippen LogP contribution in [0.25, 0.3) is 0 Å². The van der Waals surface area contributed by atoms with Crippen molar-refractivity contribution in [2.75, 3.05) is 18.5 Å². The molecule has 1 aromatic carbocycles. The van der Waals surface area contributed by atoms with Gasteiger partial charge in [0.25, 0.3) is 0 Å². The summed E-state index contributed by atoms with van der Waals surface area (Å²) in [5.41, 5.74) is 0.701. The predicted molar refractivity (Wildman–Crippen MR) is 90.2 cm³/mol. The number of rotatable bonds is 6. The molecule has 2 amide bonds. The largest absolute Gasteiger partial charge is 0.491 e. The number of ether oxygens (including phenoxy) is 2. The van der Waals surface area contributed by atoms with Gasteiger partial charge in [0.1, 0.15) is 23.9 Å². The zero-order valence-corrected chi connectivity index (χ0v) is 13.7. The highest BCUT2D eigenvalue weighted by molar-refractivity contribution is 5.89. The molecule has 1 fully saturated rings. The molecular weight excluding hydrogens is 308 g/mol. The summed E-state index contributed by atoms with van der Waals surface area (Å²) in [5.74, 6) is 2.31. The monoisotopic (exact) mass is 330 g/mol. The summed E-state index contributed by atoms with van der Waals surface area (Å²) in [6.07, 6.45) is 2.34. The second kappa shape index (κ2) is 7.88. The maximum absolute atomic E-state index is 11.9. The third-order valence-corrected chi connectivity index (χ3v) is 3.79. The number of carbonyl (C=O) groups excluding carboxylic acids is 1. The number of benzene rings is 1. The van der Waals surface area contributed by atoms with E-state index in [1.54, 1.807) is 0 Å². The van der Waals surface area contributed by atoms with Crippen molar-refractivity contribution in [2.45, 2.75) is 32.4 Å². The standard InChI is InChI=1S/C18H22N2O4/c1-13-4-7-16(24-13)11-19-18(21)20-14-5-8-15(9-6-14)23-12-17-3-2-10-22-17/h4-9,17H,2-3,10-12H2,1H3,(H2,19,20,21). The molecule has 6 nitrogen and oxygen atoms in total. The number of nitrogens with one attached hydrogen (secondary N) is 2. The number of carbonyl (C=O) groups is 1. The van der Waals surface area contributed by atoms with Crippen LogP contribution in [0.4, 0.5) is 10.5 Å². The normalized spacial score (nSPS) is 16.8. The SMILES string of the molecule is Cc1ccc(CNC(=O)Nc2ccc(OCC3CCCO3)cc2)o1. The molecule has 1 saturated heterocycles. The van der Waals surface area contributed by atoms with Crippen molar-refractivity contribution in [3.05, 3.63) is 47.9 Å². The molecule has 1 aromatic heterocycles. The van der Waals surface area contributed by atoms with E-state index in [-0.39, 0.29) is 12.1 Å². The van der Waals surface area contributed by atoms with Gasteiger partial charge in [-0.2, -0.15) is 0 Å². The minimum absolute atomic E-state index is 0.193. The Hall–Kier alpha value is -2.47. The van der Waals surface area contributed by atoms with Gasteiger partial charge in [-0.25, -0.2) is 4.79 Å². The summed E-state index contributed by atoms with van der Waals surface area (Å²) in [6.45, 7) is 3.60. The molecule has 1 aliphatic heterocycles. The fourth-order valence-corrected chi connectivity index (χ4v) is 2.52. The van der Waals surface area contributed by atoms with Crippen LogP contribution in [0.5, 0.6) is 5.75 Å². The fraction of sp³-hybridized carbons (Fsp3) is 0.389. The molecule has 1 unspecified atom stereocenters. The molecule has 0 spiro atoms. The topological polar surface area (TPSA) is 72.7 Å². The average molecular weight is 330 g/mol. The highest BCUT2D eigenvalue weighted by Gasteiger charge is 2.15. The van der Waals surface area contributed by atoms with Gasteiger partial charge >= 0.3 is 6.03 Å². The van der Waals surface area contributed by atoms with Gasteiger partial charge in [0.05, 0.1) is 12.6 Å². The minimum Gasteiger partial charge on any atom is -0.491 e. The number of anilines is 1. The van der Waals surface area contributed by atoms with Crippen LogP contribution in [0.15, 0.2) is 40.8 Å². The van der Waals surface area contributed by atoms with E-state index in [1.807, 2.05) is 43.3 Å². The number of hydrogen-bond donors (Lipinski definition) is 2. The minimum atomic E-state index is -0.280. The van der Waals surface area contributed by atoms with Gasteiger partial charge < -0.3 is 24.5 Å². The molecule has 1 aliphatic rings. The molecule has 0 saturated carbocycles. The molecule has 2 N–H and O–H groups in total. The number of aryl methyl sites for hydroxylation is 1. The van der Waals surface area contributed by atoms with Gasteiger partial charge in [-0.3, -0.25) is 0 Å². The molecule has 3 rings (SSSR count). The third kappa shape index (κ3) is 4.76. The van der Waals surface area contributed by atoms with Crippen LogP contribution in [-0.4, -0.2) is 25.3 Å². The summed E-state index contributed by atoms with van der Waals surface area (Å²) >= 11 is 0. The van der Waals surface area contributed by atoms with E-state index < -0.39 is 0 Å². The Bertz CT molecular complexity index is 660. The maximum atomic E-state index is 11.9. The lowest BCUT2D eigenvalue weighted by molar-refractivity contribution is 0.0679. The first-order valence-corrected chi connectivity index (χ1v) is 8.14. The molecule has 0 aliphatic carbocycles. The molecular formula is C18H22N2O4. The molecule has 2 aromatic rings. The van der Waals surface area contributed by atoms with Crippen LogP contribution in [-0.2, 0) is 11.3 Å². The van der Waals surface area contributed by atoms with Gasteiger partial charge in [0.15, 0.2) is 0 Å². The second-order valence-electron chi connectivity index (χ2n) is 5.79. The van der Waals surface area contributed by atoms with Gasteiger partial charge in [0.2, 0.25) is 0 Å². The first-order valence-electron chi connectivity index (χ1n) is 8.14. The zero-order valence-electron chi connectivity index (χ0n) is 13.7. The fourth-order valence-electron chi connectivity index (χ4n) is 2.52. The molecule has 0 radical (unpaired) electrons. The first-order chi connectivity index (χ1) is 11.7. The Morgan fingerprint density at radius 1 is 1.25 bits per heavy atom. The Morgan fingerprint density at radius 2 is 2.08 bits per heavy atom. The summed E-state index contributed by atoms with van der Waals surface area (Å²) in [6, 6.07) is 10.7. The summed E-state index contributed by atoms with van der Waals surface area (Å²) in [4.78, 5) is 11.9. The highest BCUT2D eigenvalue weighted by Crippen LogP contribution is 2.18. The maximum Gasteiger partial charge on any atom is 0.319 e. The van der Waals surface area contributed by atoms with Crippen molar-refractivity contribution in [1.82, 2.24) is 5.32 Å². The quantitative estimate of drug-likeness (QED) is 0.850. The van der Waals surface area contributed by atoms with Crippen molar-refractivity contribution >= 4 is 11.7 Å². The molecule has 1 atom stereocenters. The van der Waals surface area contributed by atoms with Gasteiger partial charge in [-0.05, 0) is 56.2 Å². The van der Waals surface area contributed by atoms with E-state index in [9.17, 15) is 4.79 Å². The molecule has 2 heterocycles. The Labute approximate surface area is 141 Å². The lowest BCUT2D eigenvalue weighted by atomic mass is 10.2. The predicted octanol–water partition coefficient (Wildman–Crippen LogP) is 3.47. The van der Waals surface area contributed by atoms with E-state index in [1.165, 1.54) is 0 Å². The number of hydrogen-bond acceptors (Lipinski definition) is 4. The summed E-state index contributed by atoms with van der Waals surface area (Å²) in [5, 5.41) is 5.52. The molecule has 128 valence electrons. The van der Waals surface area contributed by atoms with Crippen LogP contribution < -0.4 is 15.4 Å². The second-order valence-corrected chi connectivity index (χ2v) is 5.79. The Kier molecular flexibility index (Phi) is 5.38. The zero-order chi connectivity index (χ0) is 16.8. The van der Waals surface area contributed by atoms with Crippen LogP contribution in [0.3, 0.4) is 0 Å². The van der Waals surface area contributed by atoms with E-state index in [2.05, 4.69) is 10.6 Å². The van der Waals surface area contributed by atoms with Crippen molar-refractivity contribution in [3.8, 4) is 5.75 Å². The average Bonchev–Trinajstić information content (AvgIpc) is 3.24. The van der Waals surface area contributed by atoms with E-state index >= 15 is 0 Å². The van der Waals surface area contributed by atoms with E-state index in [4.69, 9.17) is 13.9 Å². The van der Waals surface area contributed by atoms with Gasteiger partial charge in [-0.1, -0.05) is 0 Å². The number of furan rings is 1. The Balaban J connectivity index is 1.42. The van der Waals surface area contributed by atoms with Crippen LogP contribution in [0.1, 0.15) is 24.4 Å². The van der Waals surface area contributed by atoms with E-state index in [0.29, 0.717) is 18.8 Å². The van der Waals surface area contributed by atoms with Crippen molar-refractivity contribution in [1.29, 1.82) is 0 Å². The van der Waals surface area contributed by atoms with Crippen molar-refractivity contribution < 1.29 is 18.7 Å².